The van der Waals surface area contributed by atoms with E-state index in [9.17, 15) is 0 Å². The Morgan fingerprint density at radius 3 is 1.15 bits per heavy atom. The monoisotopic (exact) mass is 396 g/mol. The molecule has 26 heavy (non-hydrogen) atoms. The number of hydrogen-bond acceptors (Lipinski definition) is 0. The van der Waals surface area contributed by atoms with E-state index in [-0.39, 0.29) is 17.1 Å². The Labute approximate surface area is 174 Å². The van der Waals surface area contributed by atoms with Crippen LogP contribution >= 0.6 is 0 Å². The summed E-state index contributed by atoms with van der Waals surface area (Å²) in [5.41, 5.74) is 8.76. The molecule has 0 bridgehead atoms. The van der Waals surface area contributed by atoms with Crippen molar-refractivity contribution < 1.29 is 17.1 Å². The van der Waals surface area contributed by atoms with Gasteiger partial charge in [-0.3, -0.25) is 0 Å². The smallest absolute Gasteiger partial charge is 0 e. The van der Waals surface area contributed by atoms with E-state index in [0.717, 1.165) is 0 Å². The van der Waals surface area contributed by atoms with Gasteiger partial charge in [0, 0.05) is 17.1 Å². The third-order valence-electron chi connectivity index (χ3n) is 4.88. The van der Waals surface area contributed by atoms with Crippen LogP contribution in [0.15, 0.2) is 30.3 Å². The fourth-order valence-corrected chi connectivity index (χ4v) is 3.99. The molecule has 0 unspecified atom stereocenters. The zero-order chi connectivity index (χ0) is 18.5. The predicted molar refractivity (Wildman–Crippen MR) is 114 cm³/mol. The molecule has 154 valence electrons. The minimum atomic E-state index is 0. The molecule has 0 nitrogen and oxygen atoms in total. The summed E-state index contributed by atoms with van der Waals surface area (Å²) < 4.78 is 0. The number of hydrogen-bond donors (Lipinski definition) is 0. The molecule has 0 saturated carbocycles. The van der Waals surface area contributed by atoms with Gasteiger partial charge in [-0.25, -0.2) is 0 Å². The molecule has 2 aromatic rings. The van der Waals surface area contributed by atoms with E-state index >= 15 is 0 Å². The van der Waals surface area contributed by atoms with Gasteiger partial charge in [0.25, 0.3) is 0 Å². The Bertz CT molecular complexity index is 424. The Balaban J connectivity index is 0.000000893. The molecule has 0 radical (unpaired) electrons. The van der Waals surface area contributed by atoms with E-state index < -0.39 is 0 Å². The summed E-state index contributed by atoms with van der Waals surface area (Å²) >= 11 is 0. The summed E-state index contributed by atoms with van der Waals surface area (Å²) in [7, 11) is 0. The van der Waals surface area contributed by atoms with Gasteiger partial charge in [0.15, 0.2) is 0 Å². The minimum absolute atomic E-state index is 0. The van der Waals surface area contributed by atoms with E-state index in [1.807, 2.05) is 30.3 Å². The minimum Gasteiger partial charge on any atom is -0.748 e. The fourth-order valence-electron chi connectivity index (χ4n) is 3.99. The quantitative estimate of drug-likeness (QED) is 0.287. The normalized spacial score (nSPS) is 10.2. The second-order valence-electron chi connectivity index (χ2n) is 7.11. The first-order chi connectivity index (χ1) is 12.2. The second kappa shape index (κ2) is 15.3. The molecule has 2 rings (SSSR count). The Kier molecular flexibility index (Phi) is 14.8. The van der Waals surface area contributed by atoms with Crippen LogP contribution in [0.5, 0.6) is 0 Å². The zero-order valence-corrected chi connectivity index (χ0v) is 18.9. The van der Waals surface area contributed by atoms with Gasteiger partial charge in [-0.05, 0) is 0 Å². The molecular weight excluding hydrogens is 356 g/mol. The standard InChI is InChI=1S/C20H35.C5H5.Fe/c1-6-11-16-17(12-7-2)19(14-9-4)20(15-10-5)18(16)13-8-3;1-2-4-5-3-1;/h6-15H2,1-5H3;1-5H;/q-1;-5;. The Morgan fingerprint density at radius 2 is 0.885 bits per heavy atom. The maximum atomic E-state index is 2.33. The van der Waals surface area contributed by atoms with Crippen molar-refractivity contribution in [2.45, 2.75) is 98.8 Å². The van der Waals surface area contributed by atoms with Crippen molar-refractivity contribution >= 4 is 0 Å². The summed E-state index contributed by atoms with van der Waals surface area (Å²) in [4.78, 5) is 0. The van der Waals surface area contributed by atoms with Crippen molar-refractivity contribution in [2.24, 2.45) is 0 Å². The summed E-state index contributed by atoms with van der Waals surface area (Å²) in [6, 6.07) is 10.0. The molecule has 0 heterocycles. The fraction of sp³-hybridized carbons (Fsp3) is 0.600. The Morgan fingerprint density at radius 1 is 0.538 bits per heavy atom. The molecule has 2 aromatic carbocycles. The summed E-state index contributed by atoms with van der Waals surface area (Å²) in [5.74, 6) is 0. The molecule has 0 aliphatic carbocycles. The van der Waals surface area contributed by atoms with Crippen molar-refractivity contribution in [3.8, 4) is 0 Å². The first kappa shape index (κ1) is 25.2. The molecule has 0 aliphatic rings. The maximum absolute atomic E-state index is 2.33. The third-order valence-corrected chi connectivity index (χ3v) is 4.88. The van der Waals surface area contributed by atoms with Crippen molar-refractivity contribution in [1.82, 2.24) is 0 Å². The summed E-state index contributed by atoms with van der Waals surface area (Å²) in [6.07, 6.45) is 12.9. The molecule has 0 amide bonds. The van der Waals surface area contributed by atoms with Crippen molar-refractivity contribution in [2.75, 3.05) is 0 Å². The summed E-state index contributed by atoms with van der Waals surface area (Å²) in [6.45, 7) is 11.7. The first-order valence-electron chi connectivity index (χ1n) is 10.7. The van der Waals surface area contributed by atoms with Crippen LogP contribution in [0.25, 0.3) is 0 Å². The molecule has 0 spiro atoms. The van der Waals surface area contributed by atoms with Gasteiger partial charge >= 0.3 is 0 Å². The number of rotatable bonds is 10. The van der Waals surface area contributed by atoms with Crippen molar-refractivity contribution in [3.63, 3.8) is 0 Å². The SMILES string of the molecule is CCCc1c(CCC)c(CCC)[c-](CCC)c1CCC.[Fe].[cH-]1[cH-][cH-][cH-][cH-]1. The van der Waals surface area contributed by atoms with Crippen LogP contribution in [0.3, 0.4) is 0 Å². The third kappa shape index (κ3) is 7.45. The van der Waals surface area contributed by atoms with Crippen molar-refractivity contribution in [1.29, 1.82) is 0 Å². The van der Waals surface area contributed by atoms with E-state index in [1.54, 1.807) is 27.8 Å². The van der Waals surface area contributed by atoms with Crippen LogP contribution in [-0.4, -0.2) is 0 Å². The van der Waals surface area contributed by atoms with Gasteiger partial charge in [-0.2, -0.15) is 27.8 Å². The van der Waals surface area contributed by atoms with Gasteiger partial charge < -0.3 is 30.3 Å². The van der Waals surface area contributed by atoms with E-state index in [4.69, 9.17) is 0 Å². The molecule has 1 heteroatoms. The maximum Gasteiger partial charge on any atom is 0 e. The average Bonchev–Trinajstić information content (AvgIpc) is 3.26. The predicted octanol–water partition coefficient (Wildman–Crippen LogP) is 7.57. The van der Waals surface area contributed by atoms with Gasteiger partial charge in [-0.1, -0.05) is 98.8 Å². The molecule has 0 atom stereocenters. The molecule has 0 saturated heterocycles. The Hall–Kier alpha value is -0.781. The topological polar surface area (TPSA) is 0 Å². The van der Waals surface area contributed by atoms with Crippen LogP contribution in [0.4, 0.5) is 0 Å². The molecule has 0 aromatic heterocycles. The van der Waals surface area contributed by atoms with E-state index in [1.165, 1.54) is 64.2 Å². The van der Waals surface area contributed by atoms with Gasteiger partial charge in [0.2, 0.25) is 0 Å². The molecular formula is C25H40Fe-6. The van der Waals surface area contributed by atoms with E-state index in [0.29, 0.717) is 0 Å². The first-order valence-corrected chi connectivity index (χ1v) is 10.7. The van der Waals surface area contributed by atoms with Crippen LogP contribution in [0.1, 0.15) is 94.5 Å². The van der Waals surface area contributed by atoms with Crippen LogP contribution < -0.4 is 0 Å². The second-order valence-corrected chi connectivity index (χ2v) is 7.11. The largest absolute Gasteiger partial charge is 0.748 e. The zero-order valence-electron chi connectivity index (χ0n) is 17.8. The molecule has 0 N–H and O–H groups in total. The van der Waals surface area contributed by atoms with Gasteiger partial charge in [0.1, 0.15) is 0 Å². The van der Waals surface area contributed by atoms with Gasteiger partial charge in [-0.15, -0.1) is 0 Å². The van der Waals surface area contributed by atoms with Crippen LogP contribution in [-0.2, 0) is 49.2 Å². The summed E-state index contributed by atoms with van der Waals surface area (Å²) in [5, 5.41) is 0. The van der Waals surface area contributed by atoms with Gasteiger partial charge in [0.05, 0.1) is 0 Å². The van der Waals surface area contributed by atoms with Crippen LogP contribution in [0.2, 0.25) is 0 Å². The van der Waals surface area contributed by atoms with Crippen LogP contribution in [0, 0.1) is 0 Å². The average molecular weight is 396 g/mol. The molecule has 0 aliphatic heterocycles. The van der Waals surface area contributed by atoms with Crippen molar-refractivity contribution in [3.05, 3.63) is 58.1 Å². The van der Waals surface area contributed by atoms with E-state index in [2.05, 4.69) is 34.6 Å². The molecule has 0 fully saturated rings.